The average molecular weight is 424 g/mol. The van der Waals surface area contributed by atoms with Crippen molar-refractivity contribution in [2.45, 2.75) is 13.1 Å². The fourth-order valence-corrected chi connectivity index (χ4v) is 2.79. The number of nitrogens with zero attached hydrogens (tertiary/aromatic N) is 3. The zero-order chi connectivity index (χ0) is 21.3. The van der Waals surface area contributed by atoms with Gasteiger partial charge in [0.2, 0.25) is 0 Å². The van der Waals surface area contributed by atoms with Crippen molar-refractivity contribution < 1.29 is 22.8 Å². The second kappa shape index (κ2) is 7.55. The molecule has 11 heteroatoms. The van der Waals surface area contributed by atoms with E-state index in [0.717, 1.165) is 0 Å². The van der Waals surface area contributed by atoms with Crippen molar-refractivity contribution >= 4 is 29.1 Å². The lowest BCUT2D eigenvalue weighted by atomic mass is 10.1. The van der Waals surface area contributed by atoms with Gasteiger partial charge in [-0.25, -0.2) is 9.67 Å². The highest BCUT2D eigenvalue weighted by Crippen LogP contribution is 2.31. The molecular weight excluding hydrogens is 411 g/mol. The Bertz CT molecular complexity index is 1110. The normalized spacial score (nSPS) is 11.3. The molecule has 3 N–H and O–H groups in total. The molecule has 29 heavy (non-hydrogen) atoms. The van der Waals surface area contributed by atoms with Crippen LogP contribution in [0.3, 0.4) is 0 Å². The lowest BCUT2D eigenvalue weighted by Gasteiger charge is -2.13. The maximum absolute atomic E-state index is 13.2. The number of amides is 2. The van der Waals surface area contributed by atoms with Crippen LogP contribution >= 0.6 is 11.6 Å². The molecule has 2 aromatic heterocycles. The number of nitrogens with one attached hydrogen (secondary N) is 1. The van der Waals surface area contributed by atoms with E-state index in [4.69, 9.17) is 17.3 Å². The summed E-state index contributed by atoms with van der Waals surface area (Å²) in [7, 11) is 0. The van der Waals surface area contributed by atoms with E-state index in [2.05, 4.69) is 15.4 Å². The highest BCUT2D eigenvalue weighted by Gasteiger charge is 2.36. The summed E-state index contributed by atoms with van der Waals surface area (Å²) in [6.45, 7) is 1.61. The fraction of sp³-hybridized carbons (Fsp3) is 0.111. The topological polar surface area (TPSA) is 103 Å². The molecule has 7 nitrogen and oxygen atoms in total. The zero-order valence-corrected chi connectivity index (χ0v) is 15.5. The molecule has 0 unspecified atom stereocenters. The van der Waals surface area contributed by atoms with Gasteiger partial charge in [0.1, 0.15) is 5.69 Å². The van der Waals surface area contributed by atoms with E-state index in [1.54, 1.807) is 19.1 Å². The largest absolute Gasteiger partial charge is 0.435 e. The standard InChI is InChI=1S/C18H13ClF3N5O2/c1-9-4-2-5-10(15(23)28)14(9)25-17(29)12-8-13(18(20,21)22)26-27(12)16-11(19)6-3-7-24-16/h2-8H,1H3,(H2,23,28)(H,25,29). The summed E-state index contributed by atoms with van der Waals surface area (Å²) < 4.78 is 40.3. The Morgan fingerprint density at radius 1 is 1.21 bits per heavy atom. The number of halogens is 4. The van der Waals surface area contributed by atoms with E-state index in [1.165, 1.54) is 24.4 Å². The first kappa shape index (κ1) is 20.3. The summed E-state index contributed by atoms with van der Waals surface area (Å²) in [6, 6.07) is 8.00. The van der Waals surface area contributed by atoms with E-state index in [9.17, 15) is 22.8 Å². The summed E-state index contributed by atoms with van der Waals surface area (Å²) in [5, 5.41) is 5.87. The van der Waals surface area contributed by atoms with Gasteiger partial charge in [-0.05, 0) is 30.7 Å². The Morgan fingerprint density at radius 2 is 1.93 bits per heavy atom. The number of hydrogen-bond acceptors (Lipinski definition) is 4. The first-order valence-electron chi connectivity index (χ1n) is 8.08. The molecule has 2 heterocycles. The number of primary amides is 1. The third-order valence-electron chi connectivity index (χ3n) is 3.95. The predicted molar refractivity (Wildman–Crippen MR) is 99.0 cm³/mol. The first-order valence-corrected chi connectivity index (χ1v) is 8.46. The smallest absolute Gasteiger partial charge is 0.366 e. The second-order valence-corrected chi connectivity index (χ2v) is 6.36. The maximum Gasteiger partial charge on any atom is 0.435 e. The van der Waals surface area contributed by atoms with Crippen LogP contribution in [0.5, 0.6) is 0 Å². The molecule has 0 aliphatic rings. The Morgan fingerprint density at radius 3 is 2.55 bits per heavy atom. The molecule has 0 spiro atoms. The van der Waals surface area contributed by atoms with Crippen LogP contribution in [0.15, 0.2) is 42.6 Å². The van der Waals surface area contributed by atoms with Crippen LogP contribution in [0.4, 0.5) is 18.9 Å². The van der Waals surface area contributed by atoms with Crippen molar-refractivity contribution in [2.24, 2.45) is 5.73 Å². The van der Waals surface area contributed by atoms with E-state index in [-0.39, 0.29) is 22.1 Å². The minimum absolute atomic E-state index is 0.00732. The zero-order valence-electron chi connectivity index (χ0n) is 14.8. The van der Waals surface area contributed by atoms with E-state index in [1.807, 2.05) is 0 Å². The van der Waals surface area contributed by atoms with Crippen LogP contribution in [-0.4, -0.2) is 26.6 Å². The minimum Gasteiger partial charge on any atom is -0.366 e. The number of aromatic nitrogens is 3. The molecular formula is C18H13ClF3N5O2. The van der Waals surface area contributed by atoms with E-state index in [0.29, 0.717) is 16.3 Å². The Kier molecular flexibility index (Phi) is 5.29. The molecule has 3 aromatic rings. The van der Waals surface area contributed by atoms with Crippen LogP contribution in [0.25, 0.3) is 5.82 Å². The van der Waals surface area contributed by atoms with E-state index < -0.39 is 29.4 Å². The Labute approximate surface area is 167 Å². The second-order valence-electron chi connectivity index (χ2n) is 5.95. The molecule has 0 saturated heterocycles. The van der Waals surface area contributed by atoms with Crippen molar-refractivity contribution in [1.82, 2.24) is 14.8 Å². The minimum atomic E-state index is -4.80. The van der Waals surface area contributed by atoms with Crippen molar-refractivity contribution in [3.8, 4) is 5.82 Å². The Balaban J connectivity index is 2.12. The van der Waals surface area contributed by atoms with Gasteiger partial charge in [-0.3, -0.25) is 9.59 Å². The highest BCUT2D eigenvalue weighted by atomic mass is 35.5. The van der Waals surface area contributed by atoms with Gasteiger partial charge >= 0.3 is 6.18 Å². The van der Waals surface area contributed by atoms with Gasteiger partial charge < -0.3 is 11.1 Å². The summed E-state index contributed by atoms with van der Waals surface area (Å²) in [5.74, 6) is -1.91. The quantitative estimate of drug-likeness (QED) is 0.669. The third kappa shape index (κ3) is 4.06. The van der Waals surface area contributed by atoms with Gasteiger partial charge in [-0.15, -0.1) is 0 Å². The number of rotatable bonds is 4. The highest BCUT2D eigenvalue weighted by molar-refractivity contribution is 6.32. The van der Waals surface area contributed by atoms with Gasteiger partial charge in [0.05, 0.1) is 16.3 Å². The number of para-hydroxylation sites is 1. The molecule has 0 radical (unpaired) electrons. The number of carbonyl (C=O) groups excluding carboxylic acids is 2. The van der Waals surface area contributed by atoms with E-state index >= 15 is 0 Å². The average Bonchev–Trinajstić information content (AvgIpc) is 3.09. The molecule has 0 aliphatic carbocycles. The lowest BCUT2D eigenvalue weighted by molar-refractivity contribution is -0.141. The van der Waals surface area contributed by atoms with Crippen molar-refractivity contribution in [3.05, 3.63) is 70.1 Å². The predicted octanol–water partition coefficient (Wildman–Crippen LogP) is 3.60. The fourth-order valence-electron chi connectivity index (χ4n) is 2.59. The van der Waals surface area contributed by atoms with Gasteiger partial charge in [0.15, 0.2) is 11.5 Å². The van der Waals surface area contributed by atoms with Crippen LogP contribution in [0.2, 0.25) is 5.02 Å². The third-order valence-corrected chi connectivity index (χ3v) is 4.24. The lowest BCUT2D eigenvalue weighted by Crippen LogP contribution is -2.21. The summed E-state index contributed by atoms with van der Waals surface area (Å²) in [6.07, 6.45) is -3.51. The Hall–Kier alpha value is -3.40. The first-order chi connectivity index (χ1) is 13.6. The maximum atomic E-state index is 13.2. The number of hydrogen-bond donors (Lipinski definition) is 2. The monoisotopic (exact) mass is 423 g/mol. The molecule has 150 valence electrons. The van der Waals surface area contributed by atoms with Crippen LogP contribution < -0.4 is 11.1 Å². The molecule has 0 saturated carbocycles. The van der Waals surface area contributed by atoms with Crippen LogP contribution in [-0.2, 0) is 6.18 Å². The van der Waals surface area contributed by atoms with Crippen molar-refractivity contribution in [3.63, 3.8) is 0 Å². The summed E-state index contributed by atoms with van der Waals surface area (Å²) in [5.41, 5.74) is 4.12. The molecule has 2 amide bonds. The van der Waals surface area contributed by atoms with Crippen molar-refractivity contribution in [1.29, 1.82) is 0 Å². The number of carbonyl (C=O) groups is 2. The molecule has 1 aromatic carbocycles. The number of benzene rings is 1. The summed E-state index contributed by atoms with van der Waals surface area (Å²) >= 11 is 6.01. The van der Waals surface area contributed by atoms with Gasteiger partial charge in [0.25, 0.3) is 11.8 Å². The number of anilines is 1. The molecule has 0 atom stereocenters. The summed E-state index contributed by atoms with van der Waals surface area (Å²) in [4.78, 5) is 28.4. The van der Waals surface area contributed by atoms with Crippen LogP contribution in [0.1, 0.15) is 32.1 Å². The van der Waals surface area contributed by atoms with Crippen LogP contribution in [0, 0.1) is 6.92 Å². The van der Waals surface area contributed by atoms with Gasteiger partial charge in [0, 0.05) is 12.3 Å². The van der Waals surface area contributed by atoms with Gasteiger partial charge in [-0.2, -0.15) is 18.3 Å². The number of aryl methyl sites for hydroxylation is 1. The molecule has 0 bridgehead atoms. The molecule has 3 rings (SSSR count). The van der Waals surface area contributed by atoms with Crippen molar-refractivity contribution in [2.75, 3.05) is 5.32 Å². The molecule has 0 fully saturated rings. The van der Waals surface area contributed by atoms with Gasteiger partial charge in [-0.1, -0.05) is 23.7 Å². The number of nitrogens with two attached hydrogens (primary N) is 1. The number of alkyl halides is 3. The number of pyridine rings is 1. The molecule has 0 aliphatic heterocycles. The SMILES string of the molecule is Cc1cccc(C(N)=O)c1NC(=O)c1cc(C(F)(F)F)nn1-c1ncccc1Cl.